The van der Waals surface area contributed by atoms with Crippen molar-refractivity contribution < 1.29 is 14.3 Å². The Kier molecular flexibility index (Phi) is 5.51. The number of amides is 1. The predicted octanol–water partition coefficient (Wildman–Crippen LogP) is 1.97. The van der Waals surface area contributed by atoms with Crippen LogP contribution in [0.2, 0.25) is 0 Å². The van der Waals surface area contributed by atoms with Gasteiger partial charge in [-0.05, 0) is 0 Å². The van der Waals surface area contributed by atoms with Gasteiger partial charge in [-0.1, -0.05) is 18.7 Å². The minimum atomic E-state index is -0.510. The van der Waals surface area contributed by atoms with Crippen LogP contribution < -0.4 is 0 Å². The summed E-state index contributed by atoms with van der Waals surface area (Å²) in [5.41, 5.74) is 0.477. The highest BCUT2D eigenvalue weighted by Gasteiger charge is 2.34. The van der Waals surface area contributed by atoms with Crippen LogP contribution >= 0.6 is 23.2 Å². The number of carbonyl (C=O) groups excluding carboxylic acids is 2. The van der Waals surface area contributed by atoms with Crippen LogP contribution in [0.1, 0.15) is 0 Å². The van der Waals surface area contributed by atoms with Crippen molar-refractivity contribution in [2.45, 2.75) is 6.04 Å². The van der Waals surface area contributed by atoms with Gasteiger partial charge in [0.1, 0.15) is 6.61 Å². The molecule has 0 aliphatic carbocycles. The number of nitrogens with zero attached hydrogens (tertiary/aromatic N) is 1. The fourth-order valence-corrected chi connectivity index (χ4v) is 2.07. The Morgan fingerprint density at radius 1 is 1.59 bits per heavy atom. The van der Waals surface area contributed by atoms with Gasteiger partial charge in [0.25, 0.3) is 0 Å². The minimum absolute atomic E-state index is 0.116. The summed E-state index contributed by atoms with van der Waals surface area (Å²) in [7, 11) is 0. The topological polar surface area (TPSA) is 46.6 Å². The highest BCUT2D eigenvalue weighted by molar-refractivity contribution is 6.31. The average molecular weight is 278 g/mol. The van der Waals surface area contributed by atoms with E-state index < -0.39 is 12.1 Å². The molecule has 6 heteroatoms. The molecule has 1 aliphatic rings. The largest absolute Gasteiger partial charge is 0.445 e. The van der Waals surface area contributed by atoms with Crippen molar-refractivity contribution in [1.29, 1.82) is 0 Å². The van der Waals surface area contributed by atoms with E-state index in [0.717, 1.165) is 0 Å². The Bertz CT molecular complexity index is 355. The number of alkyl halides is 2. The molecule has 0 saturated heterocycles. The van der Waals surface area contributed by atoms with Crippen LogP contribution in [0.3, 0.4) is 0 Å². The van der Waals surface area contributed by atoms with E-state index in [1.165, 1.54) is 11.0 Å². The maximum Gasteiger partial charge on any atom is 0.410 e. The molecule has 1 atom stereocenters. The van der Waals surface area contributed by atoms with Gasteiger partial charge in [-0.25, -0.2) is 4.79 Å². The summed E-state index contributed by atoms with van der Waals surface area (Å²) in [6, 6.07) is -0.458. The molecule has 4 nitrogen and oxygen atoms in total. The summed E-state index contributed by atoms with van der Waals surface area (Å²) < 4.78 is 4.90. The van der Waals surface area contributed by atoms with Gasteiger partial charge in [0, 0.05) is 18.0 Å². The van der Waals surface area contributed by atoms with Crippen molar-refractivity contribution in [3.8, 4) is 0 Å². The van der Waals surface area contributed by atoms with Gasteiger partial charge >= 0.3 is 6.09 Å². The molecule has 1 rings (SSSR count). The van der Waals surface area contributed by atoms with Crippen molar-refractivity contribution in [1.82, 2.24) is 4.90 Å². The Morgan fingerprint density at radius 2 is 2.29 bits per heavy atom. The second-order valence-corrected chi connectivity index (χ2v) is 3.98. The molecule has 0 bridgehead atoms. The third kappa shape index (κ3) is 3.23. The minimum Gasteiger partial charge on any atom is -0.445 e. The maximum atomic E-state index is 11.6. The Labute approximate surface area is 110 Å². The molecule has 0 unspecified atom stereocenters. The molecule has 17 heavy (non-hydrogen) atoms. The lowest BCUT2D eigenvalue weighted by Crippen LogP contribution is -2.40. The molecular formula is C11H13Cl2NO3. The predicted molar refractivity (Wildman–Crippen MR) is 66.6 cm³/mol. The van der Waals surface area contributed by atoms with Crippen LogP contribution in [-0.4, -0.2) is 47.7 Å². The molecule has 0 N–H and O–H groups in total. The van der Waals surface area contributed by atoms with E-state index in [-0.39, 0.29) is 24.2 Å². The zero-order valence-electron chi connectivity index (χ0n) is 9.20. The third-order valence-corrected chi connectivity index (χ3v) is 2.93. The van der Waals surface area contributed by atoms with E-state index in [1.807, 2.05) is 0 Å². The van der Waals surface area contributed by atoms with Crippen LogP contribution in [0.15, 0.2) is 24.3 Å². The molecule has 0 aromatic carbocycles. The van der Waals surface area contributed by atoms with Crippen LogP contribution in [-0.2, 0) is 9.53 Å². The highest BCUT2D eigenvalue weighted by atomic mass is 35.5. The summed E-state index contributed by atoms with van der Waals surface area (Å²) >= 11 is 11.3. The second kappa shape index (κ2) is 6.67. The molecular weight excluding hydrogens is 265 g/mol. The SMILES string of the molecule is C=CCOC(=O)N1CC=C(C(=O)CCl)[C@H]1CCl. The van der Waals surface area contributed by atoms with Crippen molar-refractivity contribution in [2.75, 3.05) is 24.9 Å². The van der Waals surface area contributed by atoms with Gasteiger partial charge in [-0.3, -0.25) is 9.69 Å². The molecule has 1 aliphatic heterocycles. The molecule has 1 amide bonds. The molecule has 0 aromatic rings. The lowest BCUT2D eigenvalue weighted by molar-refractivity contribution is -0.113. The van der Waals surface area contributed by atoms with Crippen molar-refractivity contribution >= 4 is 35.1 Å². The zero-order valence-corrected chi connectivity index (χ0v) is 10.7. The average Bonchev–Trinajstić information content (AvgIpc) is 2.78. The van der Waals surface area contributed by atoms with Gasteiger partial charge in [0.2, 0.25) is 0 Å². The van der Waals surface area contributed by atoms with Gasteiger partial charge in [0.05, 0.1) is 11.9 Å². The second-order valence-electron chi connectivity index (χ2n) is 3.40. The molecule has 0 aromatic heterocycles. The van der Waals surface area contributed by atoms with Crippen LogP contribution in [0, 0.1) is 0 Å². The molecule has 1 heterocycles. The molecule has 0 spiro atoms. The molecule has 0 radical (unpaired) electrons. The van der Waals surface area contributed by atoms with Gasteiger partial charge in [-0.15, -0.1) is 23.2 Å². The highest BCUT2D eigenvalue weighted by Crippen LogP contribution is 2.22. The number of carbonyl (C=O) groups is 2. The number of halogens is 2. The van der Waals surface area contributed by atoms with Crippen LogP contribution in [0.4, 0.5) is 4.79 Å². The van der Waals surface area contributed by atoms with Crippen molar-refractivity contribution in [3.05, 3.63) is 24.3 Å². The van der Waals surface area contributed by atoms with Crippen LogP contribution in [0.5, 0.6) is 0 Å². The smallest absolute Gasteiger partial charge is 0.410 e. The van der Waals surface area contributed by atoms with E-state index in [2.05, 4.69) is 6.58 Å². The van der Waals surface area contributed by atoms with Crippen molar-refractivity contribution in [3.63, 3.8) is 0 Å². The normalized spacial score (nSPS) is 18.8. The molecule has 94 valence electrons. The van der Waals surface area contributed by atoms with E-state index in [1.54, 1.807) is 6.08 Å². The first-order valence-electron chi connectivity index (χ1n) is 5.05. The Morgan fingerprint density at radius 3 is 2.82 bits per heavy atom. The van der Waals surface area contributed by atoms with E-state index in [4.69, 9.17) is 27.9 Å². The monoisotopic (exact) mass is 277 g/mol. The van der Waals surface area contributed by atoms with Crippen LogP contribution in [0.25, 0.3) is 0 Å². The van der Waals surface area contributed by atoms with Gasteiger partial charge < -0.3 is 4.74 Å². The lowest BCUT2D eigenvalue weighted by Gasteiger charge is -2.23. The summed E-state index contributed by atoms with van der Waals surface area (Å²) in [6.07, 6.45) is 2.62. The number of hydrogen-bond donors (Lipinski definition) is 0. The standard InChI is InChI=1S/C11H13Cl2NO3/c1-2-5-17-11(16)14-4-3-8(9(14)6-12)10(15)7-13/h2-3,9H,1,4-7H2/t9-/m1/s1. The quantitative estimate of drug-likeness (QED) is 0.570. The fourth-order valence-electron chi connectivity index (χ4n) is 1.59. The van der Waals surface area contributed by atoms with E-state index in [9.17, 15) is 9.59 Å². The number of ketones is 1. The summed E-state index contributed by atoms with van der Waals surface area (Å²) in [5.74, 6) is -0.191. The summed E-state index contributed by atoms with van der Waals surface area (Å²) in [6.45, 7) is 3.89. The first kappa shape index (κ1) is 14.1. The molecule has 0 saturated carbocycles. The number of Topliss-reactive ketones (excluding diaryl/α,β-unsaturated/α-hetero) is 1. The van der Waals surface area contributed by atoms with Crippen molar-refractivity contribution in [2.24, 2.45) is 0 Å². The number of ether oxygens (including phenoxy) is 1. The summed E-state index contributed by atoms with van der Waals surface area (Å²) in [4.78, 5) is 24.6. The lowest BCUT2D eigenvalue weighted by atomic mass is 10.1. The van der Waals surface area contributed by atoms with Gasteiger partial charge in [0.15, 0.2) is 5.78 Å². The number of rotatable bonds is 5. The molecule has 0 fully saturated rings. The van der Waals surface area contributed by atoms with E-state index in [0.29, 0.717) is 12.1 Å². The number of hydrogen-bond acceptors (Lipinski definition) is 3. The summed E-state index contributed by atoms with van der Waals surface area (Å²) in [5, 5.41) is 0. The fraction of sp³-hybridized carbons (Fsp3) is 0.455. The zero-order chi connectivity index (χ0) is 12.8. The third-order valence-electron chi connectivity index (χ3n) is 2.39. The maximum absolute atomic E-state index is 11.6. The van der Waals surface area contributed by atoms with Gasteiger partial charge in [-0.2, -0.15) is 0 Å². The first-order chi connectivity index (χ1) is 8.15. The Hall–Kier alpha value is -1.000. The van der Waals surface area contributed by atoms with E-state index >= 15 is 0 Å². The first-order valence-corrected chi connectivity index (χ1v) is 6.12. The Balaban J connectivity index is 2.70.